The lowest BCUT2D eigenvalue weighted by atomic mass is 10.1. The molecule has 4 heteroatoms. The molecule has 0 aromatic heterocycles. The fourth-order valence-corrected chi connectivity index (χ4v) is 2.00. The van der Waals surface area contributed by atoms with Gasteiger partial charge in [-0.25, -0.2) is 0 Å². The highest BCUT2D eigenvalue weighted by molar-refractivity contribution is 5.97. The zero-order valence-electron chi connectivity index (χ0n) is 10.2. The monoisotopic (exact) mass is 234 g/mol. The second-order valence-electron chi connectivity index (χ2n) is 4.24. The minimum atomic E-state index is -0.256. The fraction of sp³-hybridized carbons (Fsp3) is 0.462. The Balaban J connectivity index is 2.09. The van der Waals surface area contributed by atoms with Gasteiger partial charge >= 0.3 is 0 Å². The number of morpholine rings is 1. The molecule has 1 amide bonds. The van der Waals surface area contributed by atoms with Crippen molar-refractivity contribution in [1.82, 2.24) is 5.32 Å². The van der Waals surface area contributed by atoms with Gasteiger partial charge in [-0.1, -0.05) is 18.2 Å². The summed E-state index contributed by atoms with van der Waals surface area (Å²) >= 11 is 0. The Hall–Kier alpha value is -1.39. The Morgan fingerprint density at radius 3 is 2.76 bits per heavy atom. The van der Waals surface area contributed by atoms with Crippen molar-refractivity contribution in [2.45, 2.75) is 19.1 Å². The number of carbonyl (C=O) groups excluding carboxylic acids is 1. The Kier molecular flexibility index (Phi) is 3.76. The highest BCUT2D eigenvalue weighted by Gasteiger charge is 2.30. The Morgan fingerprint density at radius 2 is 2.12 bits per heavy atom. The quantitative estimate of drug-likeness (QED) is 0.831. The molecule has 1 aliphatic rings. The van der Waals surface area contributed by atoms with Crippen LogP contribution in [0.1, 0.15) is 6.92 Å². The van der Waals surface area contributed by atoms with Crippen LogP contribution in [0.5, 0.6) is 0 Å². The third-order valence-corrected chi connectivity index (χ3v) is 3.06. The second kappa shape index (κ2) is 5.29. The molecule has 0 spiro atoms. The molecule has 1 N–H and O–H groups in total. The van der Waals surface area contributed by atoms with Crippen LogP contribution in [0.15, 0.2) is 30.3 Å². The Bertz CT molecular complexity index is 380. The first-order chi connectivity index (χ1) is 8.20. The number of likely N-dealkylation sites (N-methyl/N-ethyl adjacent to an activating group) is 1. The largest absolute Gasteiger partial charge is 0.375 e. The molecule has 17 heavy (non-hydrogen) atoms. The van der Waals surface area contributed by atoms with Gasteiger partial charge in [-0.15, -0.1) is 0 Å². The van der Waals surface area contributed by atoms with Crippen molar-refractivity contribution in [1.29, 1.82) is 0 Å². The van der Waals surface area contributed by atoms with Crippen LogP contribution in [0.2, 0.25) is 0 Å². The van der Waals surface area contributed by atoms with Gasteiger partial charge in [0, 0.05) is 19.3 Å². The summed E-state index contributed by atoms with van der Waals surface area (Å²) in [7, 11) is 1.79. The van der Waals surface area contributed by atoms with Crippen LogP contribution in [0.4, 0.5) is 5.69 Å². The molecule has 1 saturated heterocycles. The molecule has 0 unspecified atom stereocenters. The van der Waals surface area contributed by atoms with E-state index in [0.29, 0.717) is 6.61 Å². The average Bonchev–Trinajstić information content (AvgIpc) is 2.39. The third kappa shape index (κ3) is 2.65. The van der Waals surface area contributed by atoms with Crippen LogP contribution in [-0.2, 0) is 9.53 Å². The average molecular weight is 234 g/mol. The molecule has 1 heterocycles. The first-order valence-corrected chi connectivity index (χ1v) is 5.88. The van der Waals surface area contributed by atoms with Gasteiger partial charge in [0.1, 0.15) is 6.04 Å². The van der Waals surface area contributed by atoms with Crippen molar-refractivity contribution in [3.8, 4) is 0 Å². The van der Waals surface area contributed by atoms with Gasteiger partial charge in [0.2, 0.25) is 5.91 Å². The maximum Gasteiger partial charge on any atom is 0.246 e. The predicted octanol–water partition coefficient (Wildman–Crippen LogP) is 1.03. The lowest BCUT2D eigenvalue weighted by Gasteiger charge is -2.32. The summed E-state index contributed by atoms with van der Waals surface area (Å²) in [4.78, 5) is 14.0. The first-order valence-electron chi connectivity index (χ1n) is 5.88. The number of nitrogens with zero attached hydrogens (tertiary/aromatic N) is 1. The van der Waals surface area contributed by atoms with Gasteiger partial charge in [0.05, 0.1) is 12.7 Å². The van der Waals surface area contributed by atoms with Gasteiger partial charge in [-0.3, -0.25) is 4.79 Å². The molecular formula is C13H18N2O2. The van der Waals surface area contributed by atoms with Crippen molar-refractivity contribution < 1.29 is 9.53 Å². The van der Waals surface area contributed by atoms with Crippen LogP contribution in [-0.4, -0.2) is 38.3 Å². The standard InChI is InChI=1S/C13H18N2O2/c1-10-12(14-8-9-17-10)13(16)15(2)11-6-4-3-5-7-11/h3-7,10,12,14H,8-9H2,1-2H3/t10-,12+/m1/s1. The number of hydrogen-bond acceptors (Lipinski definition) is 3. The molecule has 2 rings (SSSR count). The van der Waals surface area contributed by atoms with Gasteiger partial charge in [-0.05, 0) is 19.1 Å². The van der Waals surface area contributed by atoms with E-state index in [1.54, 1.807) is 11.9 Å². The number of carbonyl (C=O) groups is 1. The summed E-state index contributed by atoms with van der Waals surface area (Å²) in [6.45, 7) is 3.32. The van der Waals surface area contributed by atoms with E-state index in [-0.39, 0.29) is 18.1 Å². The number of amides is 1. The van der Waals surface area contributed by atoms with E-state index in [1.165, 1.54) is 0 Å². The highest BCUT2D eigenvalue weighted by Crippen LogP contribution is 2.15. The van der Waals surface area contributed by atoms with Crippen LogP contribution >= 0.6 is 0 Å². The molecule has 0 saturated carbocycles. The third-order valence-electron chi connectivity index (χ3n) is 3.06. The Labute approximate surface area is 102 Å². The van der Waals surface area contributed by atoms with E-state index in [2.05, 4.69) is 5.32 Å². The highest BCUT2D eigenvalue weighted by atomic mass is 16.5. The van der Waals surface area contributed by atoms with Crippen LogP contribution in [0.3, 0.4) is 0 Å². The molecular weight excluding hydrogens is 216 g/mol. The molecule has 0 radical (unpaired) electrons. The van der Waals surface area contributed by atoms with Crippen molar-refractivity contribution >= 4 is 11.6 Å². The molecule has 0 aliphatic carbocycles. The summed E-state index contributed by atoms with van der Waals surface area (Å²) in [5.41, 5.74) is 0.900. The van der Waals surface area contributed by atoms with Crippen molar-refractivity contribution in [3.63, 3.8) is 0 Å². The number of para-hydroxylation sites is 1. The fourth-order valence-electron chi connectivity index (χ4n) is 2.00. The number of rotatable bonds is 2. The van der Waals surface area contributed by atoms with E-state index in [9.17, 15) is 4.79 Å². The summed E-state index contributed by atoms with van der Waals surface area (Å²) < 4.78 is 5.49. The number of hydrogen-bond donors (Lipinski definition) is 1. The number of anilines is 1. The van der Waals surface area contributed by atoms with E-state index < -0.39 is 0 Å². The van der Waals surface area contributed by atoms with Crippen molar-refractivity contribution in [2.24, 2.45) is 0 Å². The summed E-state index contributed by atoms with van der Waals surface area (Å²) in [5.74, 6) is 0.0448. The SMILES string of the molecule is C[C@H]1OCCN[C@@H]1C(=O)N(C)c1ccccc1. The Morgan fingerprint density at radius 1 is 1.41 bits per heavy atom. The van der Waals surface area contributed by atoms with Crippen molar-refractivity contribution in [3.05, 3.63) is 30.3 Å². The smallest absolute Gasteiger partial charge is 0.246 e. The molecule has 1 aromatic rings. The summed E-state index contributed by atoms with van der Waals surface area (Å²) in [5, 5.41) is 3.20. The lowest BCUT2D eigenvalue weighted by Crippen LogP contribution is -2.55. The molecule has 1 aromatic carbocycles. The zero-order valence-corrected chi connectivity index (χ0v) is 10.2. The van der Waals surface area contributed by atoms with E-state index in [1.807, 2.05) is 37.3 Å². The molecule has 0 bridgehead atoms. The second-order valence-corrected chi connectivity index (χ2v) is 4.24. The number of nitrogens with one attached hydrogen (secondary N) is 1. The number of ether oxygens (including phenoxy) is 1. The van der Waals surface area contributed by atoms with E-state index in [4.69, 9.17) is 4.74 Å². The predicted molar refractivity (Wildman–Crippen MR) is 67.1 cm³/mol. The van der Waals surface area contributed by atoms with Gasteiger partial charge in [0.15, 0.2) is 0 Å². The topological polar surface area (TPSA) is 41.6 Å². The molecule has 92 valence electrons. The molecule has 4 nitrogen and oxygen atoms in total. The maximum absolute atomic E-state index is 12.3. The van der Waals surface area contributed by atoms with Crippen LogP contribution in [0.25, 0.3) is 0 Å². The number of benzene rings is 1. The summed E-state index contributed by atoms with van der Waals surface area (Å²) in [6.07, 6.45) is -0.0811. The normalized spacial score (nSPS) is 24.4. The minimum absolute atomic E-state index is 0.0448. The summed E-state index contributed by atoms with van der Waals surface area (Å²) in [6, 6.07) is 9.37. The lowest BCUT2D eigenvalue weighted by molar-refractivity contribution is -0.126. The van der Waals surface area contributed by atoms with Gasteiger partial charge < -0.3 is 15.0 Å². The van der Waals surface area contributed by atoms with Crippen LogP contribution in [0, 0.1) is 0 Å². The maximum atomic E-state index is 12.3. The first kappa shape index (κ1) is 12.1. The van der Waals surface area contributed by atoms with Gasteiger partial charge in [-0.2, -0.15) is 0 Å². The zero-order chi connectivity index (χ0) is 12.3. The minimum Gasteiger partial charge on any atom is -0.375 e. The molecule has 2 atom stereocenters. The molecule has 1 aliphatic heterocycles. The molecule has 1 fully saturated rings. The van der Waals surface area contributed by atoms with Gasteiger partial charge in [0.25, 0.3) is 0 Å². The van der Waals surface area contributed by atoms with Crippen molar-refractivity contribution in [2.75, 3.05) is 25.1 Å². The van der Waals surface area contributed by atoms with E-state index >= 15 is 0 Å². The van der Waals surface area contributed by atoms with Crippen LogP contribution < -0.4 is 10.2 Å². The van der Waals surface area contributed by atoms with E-state index in [0.717, 1.165) is 12.2 Å².